The average molecular weight is 355 g/mol. The van der Waals surface area contributed by atoms with Crippen LogP contribution in [0.4, 0.5) is 26.3 Å². The summed E-state index contributed by atoms with van der Waals surface area (Å²) in [7, 11) is 0. The zero-order valence-electron chi connectivity index (χ0n) is 11.9. The minimum atomic E-state index is -5.09. The molecule has 1 aromatic rings. The van der Waals surface area contributed by atoms with Gasteiger partial charge in [0.1, 0.15) is 5.54 Å². The summed E-state index contributed by atoms with van der Waals surface area (Å²) in [5.41, 5.74) is -5.82. The molecule has 0 aliphatic heterocycles. The Hall–Kier alpha value is -2.26. The fraction of sp³-hybridized carbons (Fsp3) is 0.429. The first-order valence-corrected chi connectivity index (χ1v) is 6.70. The van der Waals surface area contributed by atoms with E-state index in [1.54, 1.807) is 0 Å². The SMILES string of the molecule is O=C(NC1(C(=O)O)CCC1)c1cc(C(F)(F)F)cc(C(F)(F)F)c1. The van der Waals surface area contributed by atoms with Gasteiger partial charge in [-0.05, 0) is 37.5 Å². The van der Waals surface area contributed by atoms with Gasteiger partial charge in [0.15, 0.2) is 0 Å². The van der Waals surface area contributed by atoms with Gasteiger partial charge in [0, 0.05) is 5.56 Å². The summed E-state index contributed by atoms with van der Waals surface area (Å²) < 4.78 is 76.5. The number of hydrogen-bond donors (Lipinski definition) is 2. The van der Waals surface area contributed by atoms with Crippen molar-refractivity contribution in [3.63, 3.8) is 0 Å². The third kappa shape index (κ3) is 3.46. The first-order valence-electron chi connectivity index (χ1n) is 6.70. The lowest BCUT2D eigenvalue weighted by atomic mass is 9.76. The van der Waals surface area contributed by atoms with E-state index in [1.807, 2.05) is 5.32 Å². The number of rotatable bonds is 3. The molecule has 2 rings (SSSR count). The molecule has 1 aliphatic rings. The molecule has 1 aliphatic carbocycles. The van der Waals surface area contributed by atoms with Crippen molar-refractivity contribution >= 4 is 11.9 Å². The molecule has 0 spiro atoms. The van der Waals surface area contributed by atoms with Crippen LogP contribution in [-0.2, 0) is 17.1 Å². The molecule has 0 aromatic heterocycles. The lowest BCUT2D eigenvalue weighted by Gasteiger charge is -2.38. The van der Waals surface area contributed by atoms with E-state index < -0.39 is 46.5 Å². The standard InChI is InChI=1S/C14H11F6NO3/c15-13(16,17)8-4-7(5-9(6-8)14(18,19)20)10(22)21-12(11(23)24)2-1-3-12/h4-6H,1-3H2,(H,21,22)(H,23,24). The van der Waals surface area contributed by atoms with Crippen molar-refractivity contribution in [1.82, 2.24) is 5.32 Å². The van der Waals surface area contributed by atoms with E-state index in [1.165, 1.54) is 0 Å². The first-order chi connectivity index (χ1) is 10.8. The molecule has 0 radical (unpaired) electrons. The molecule has 0 heterocycles. The number of carboxylic acids is 1. The molecule has 4 nitrogen and oxygen atoms in total. The summed E-state index contributed by atoms with van der Waals surface area (Å²) in [6.07, 6.45) is -9.59. The van der Waals surface area contributed by atoms with Crippen LogP contribution in [0.15, 0.2) is 18.2 Å². The number of amides is 1. The number of carbonyl (C=O) groups excluding carboxylic acids is 1. The number of aliphatic carboxylic acids is 1. The van der Waals surface area contributed by atoms with Crippen molar-refractivity contribution in [3.05, 3.63) is 34.9 Å². The predicted octanol–water partition coefficient (Wildman–Crippen LogP) is 3.46. The van der Waals surface area contributed by atoms with Crippen LogP contribution < -0.4 is 5.32 Å². The highest BCUT2D eigenvalue weighted by Gasteiger charge is 2.46. The fourth-order valence-electron chi connectivity index (χ4n) is 2.30. The number of carboxylic acid groups (broad SMARTS) is 1. The van der Waals surface area contributed by atoms with Crippen LogP contribution in [0.3, 0.4) is 0 Å². The number of carbonyl (C=O) groups is 2. The van der Waals surface area contributed by atoms with Crippen molar-refractivity contribution < 1.29 is 41.0 Å². The Morgan fingerprint density at radius 3 is 1.71 bits per heavy atom. The molecule has 0 unspecified atom stereocenters. The molecule has 10 heteroatoms. The normalized spacial score (nSPS) is 17.1. The summed E-state index contributed by atoms with van der Waals surface area (Å²) in [5.74, 6) is -2.68. The molecule has 2 N–H and O–H groups in total. The Kier molecular flexibility index (Phi) is 4.28. The maximum atomic E-state index is 12.7. The number of nitrogens with one attached hydrogen (secondary N) is 1. The van der Waals surface area contributed by atoms with E-state index in [-0.39, 0.29) is 31.0 Å². The lowest BCUT2D eigenvalue weighted by molar-refractivity contribution is -0.148. The van der Waals surface area contributed by atoms with Crippen LogP contribution in [-0.4, -0.2) is 22.5 Å². The first kappa shape index (κ1) is 18.1. The molecule has 0 atom stereocenters. The van der Waals surface area contributed by atoms with Gasteiger partial charge in [-0.1, -0.05) is 0 Å². The molecule has 132 valence electrons. The van der Waals surface area contributed by atoms with E-state index in [0.29, 0.717) is 6.42 Å². The number of hydrogen-bond acceptors (Lipinski definition) is 2. The summed E-state index contributed by atoms with van der Waals surface area (Å²) in [5, 5.41) is 11.1. The van der Waals surface area contributed by atoms with Gasteiger partial charge in [0.25, 0.3) is 5.91 Å². The highest BCUT2D eigenvalue weighted by Crippen LogP contribution is 2.37. The van der Waals surface area contributed by atoms with Gasteiger partial charge in [-0.15, -0.1) is 0 Å². The van der Waals surface area contributed by atoms with Crippen LogP contribution in [0.1, 0.15) is 40.7 Å². The molecule has 1 saturated carbocycles. The quantitative estimate of drug-likeness (QED) is 0.816. The van der Waals surface area contributed by atoms with Gasteiger partial charge in [-0.25, -0.2) is 4.79 Å². The minimum absolute atomic E-state index is 0.0547. The largest absolute Gasteiger partial charge is 0.480 e. The second-order valence-corrected chi connectivity index (χ2v) is 5.49. The lowest BCUT2D eigenvalue weighted by Crippen LogP contribution is -2.59. The maximum absolute atomic E-state index is 12.7. The molecule has 0 bridgehead atoms. The number of benzene rings is 1. The molecular formula is C14H11F6NO3. The van der Waals surface area contributed by atoms with Gasteiger partial charge in [0.05, 0.1) is 11.1 Å². The third-order valence-corrected chi connectivity index (χ3v) is 3.82. The molecule has 1 fully saturated rings. The van der Waals surface area contributed by atoms with Crippen LogP contribution in [0.25, 0.3) is 0 Å². The second-order valence-electron chi connectivity index (χ2n) is 5.49. The molecule has 1 aromatic carbocycles. The smallest absolute Gasteiger partial charge is 0.416 e. The molecule has 1 amide bonds. The highest BCUT2D eigenvalue weighted by molar-refractivity contribution is 5.98. The number of halogens is 6. The Morgan fingerprint density at radius 1 is 0.958 bits per heavy atom. The monoisotopic (exact) mass is 355 g/mol. The van der Waals surface area contributed by atoms with E-state index >= 15 is 0 Å². The maximum Gasteiger partial charge on any atom is 0.416 e. The van der Waals surface area contributed by atoms with Crippen LogP contribution >= 0.6 is 0 Å². The van der Waals surface area contributed by atoms with Gasteiger partial charge >= 0.3 is 18.3 Å². The van der Waals surface area contributed by atoms with Crippen molar-refractivity contribution in [2.24, 2.45) is 0 Å². The van der Waals surface area contributed by atoms with Crippen molar-refractivity contribution in [1.29, 1.82) is 0 Å². The fourth-order valence-corrected chi connectivity index (χ4v) is 2.30. The van der Waals surface area contributed by atoms with Gasteiger partial charge < -0.3 is 10.4 Å². The Morgan fingerprint density at radius 2 is 1.42 bits per heavy atom. The number of alkyl halides is 6. The third-order valence-electron chi connectivity index (χ3n) is 3.82. The van der Waals surface area contributed by atoms with Gasteiger partial charge in [-0.3, -0.25) is 4.79 Å². The van der Waals surface area contributed by atoms with Gasteiger partial charge in [-0.2, -0.15) is 26.3 Å². The van der Waals surface area contributed by atoms with Crippen molar-refractivity contribution in [2.45, 2.75) is 37.2 Å². The average Bonchev–Trinajstić information content (AvgIpc) is 2.39. The van der Waals surface area contributed by atoms with E-state index in [4.69, 9.17) is 5.11 Å². The van der Waals surface area contributed by atoms with Gasteiger partial charge in [0.2, 0.25) is 0 Å². The zero-order valence-corrected chi connectivity index (χ0v) is 11.9. The van der Waals surface area contributed by atoms with Crippen molar-refractivity contribution in [2.75, 3.05) is 0 Å². The van der Waals surface area contributed by atoms with Crippen LogP contribution in [0.2, 0.25) is 0 Å². The minimum Gasteiger partial charge on any atom is -0.480 e. The zero-order chi connectivity index (χ0) is 18.3. The van der Waals surface area contributed by atoms with E-state index in [2.05, 4.69) is 0 Å². The second kappa shape index (κ2) is 5.67. The van der Waals surface area contributed by atoms with Crippen molar-refractivity contribution in [3.8, 4) is 0 Å². The molecule has 0 saturated heterocycles. The van der Waals surface area contributed by atoms with E-state index in [9.17, 15) is 35.9 Å². The predicted molar refractivity (Wildman–Crippen MR) is 68.1 cm³/mol. The topological polar surface area (TPSA) is 66.4 Å². The highest BCUT2D eigenvalue weighted by atomic mass is 19.4. The Labute approximate surface area is 131 Å². The summed E-state index contributed by atoms with van der Waals surface area (Å²) in [4.78, 5) is 23.2. The molecule has 24 heavy (non-hydrogen) atoms. The van der Waals surface area contributed by atoms with Crippen LogP contribution in [0, 0.1) is 0 Å². The summed E-state index contributed by atoms with van der Waals surface area (Å²) in [6.45, 7) is 0. The van der Waals surface area contributed by atoms with E-state index in [0.717, 1.165) is 0 Å². The van der Waals surface area contributed by atoms with Crippen LogP contribution in [0.5, 0.6) is 0 Å². The summed E-state index contributed by atoms with van der Waals surface area (Å²) >= 11 is 0. The Balaban J connectivity index is 2.42. The summed E-state index contributed by atoms with van der Waals surface area (Å²) in [6, 6.07) is 0.421. The Bertz CT molecular complexity index is 644. The molecular weight excluding hydrogens is 344 g/mol.